The molecule has 0 aliphatic heterocycles. The molecule has 0 heterocycles. The zero-order valence-corrected chi connectivity index (χ0v) is 19.1. The average molecular weight is 403 g/mol. The molecule has 28 heavy (non-hydrogen) atoms. The molecular formula is C23H39LiO3S. The first-order valence-electron chi connectivity index (χ1n) is 11.1. The second-order valence-electron chi connectivity index (χ2n) is 7.76. The number of rotatable bonds is 17. The van der Waals surface area contributed by atoms with Crippen LogP contribution < -0.4 is 18.9 Å². The van der Waals surface area contributed by atoms with Crippen LogP contribution in [0.2, 0.25) is 0 Å². The summed E-state index contributed by atoms with van der Waals surface area (Å²) in [5.74, 6) is 0. The molecule has 0 saturated carbocycles. The molecule has 1 aromatic carbocycles. The Morgan fingerprint density at radius 2 is 1.07 bits per heavy atom. The Hall–Kier alpha value is -0.273. The second-order valence-corrected chi connectivity index (χ2v) is 9.11. The summed E-state index contributed by atoms with van der Waals surface area (Å²) in [7, 11) is -4.35. The van der Waals surface area contributed by atoms with Gasteiger partial charge in [0, 0.05) is 0 Å². The summed E-state index contributed by atoms with van der Waals surface area (Å²) in [6.07, 6.45) is 20.4. The van der Waals surface area contributed by atoms with Crippen LogP contribution in [-0.4, -0.2) is 13.0 Å². The van der Waals surface area contributed by atoms with Gasteiger partial charge in [-0.25, -0.2) is 8.42 Å². The standard InChI is InChI=1S/C23H40O3S.Li/c1-2-3-4-5-6-7-8-9-10-11-12-13-14-15-16-19-22-20-17-18-21-23(22)27(24,25)26;/h17-18,20-21H,2-16,19H2,1H3,(H,24,25,26);/q;+1/p-1. The van der Waals surface area contributed by atoms with Gasteiger partial charge in [-0.3, -0.25) is 0 Å². The minimum atomic E-state index is -4.35. The van der Waals surface area contributed by atoms with E-state index in [2.05, 4.69) is 6.92 Å². The van der Waals surface area contributed by atoms with Crippen LogP contribution in [0, 0.1) is 0 Å². The Morgan fingerprint density at radius 3 is 1.50 bits per heavy atom. The van der Waals surface area contributed by atoms with Crippen molar-refractivity contribution in [1.29, 1.82) is 0 Å². The topological polar surface area (TPSA) is 57.2 Å². The third kappa shape index (κ3) is 13.8. The van der Waals surface area contributed by atoms with E-state index in [4.69, 9.17) is 0 Å². The predicted molar refractivity (Wildman–Crippen MR) is 113 cm³/mol. The molecule has 0 bridgehead atoms. The summed E-state index contributed by atoms with van der Waals surface area (Å²) in [6.45, 7) is 2.26. The molecule has 0 N–H and O–H groups in total. The maximum absolute atomic E-state index is 11.3. The predicted octanol–water partition coefficient (Wildman–Crippen LogP) is 4.01. The molecule has 0 unspecified atom stereocenters. The third-order valence-corrected chi connectivity index (χ3v) is 6.23. The summed E-state index contributed by atoms with van der Waals surface area (Å²) in [6, 6.07) is 6.59. The minimum absolute atomic E-state index is 0. The van der Waals surface area contributed by atoms with Gasteiger partial charge in [0.1, 0.15) is 10.1 Å². The molecule has 5 heteroatoms. The van der Waals surface area contributed by atoms with Crippen molar-refractivity contribution in [2.75, 3.05) is 0 Å². The van der Waals surface area contributed by atoms with Crippen molar-refractivity contribution in [1.82, 2.24) is 0 Å². The molecule has 1 rings (SSSR count). The first-order chi connectivity index (χ1) is 13.1. The first kappa shape index (κ1) is 27.7. The van der Waals surface area contributed by atoms with E-state index in [9.17, 15) is 13.0 Å². The zero-order valence-electron chi connectivity index (χ0n) is 18.3. The van der Waals surface area contributed by atoms with E-state index < -0.39 is 10.1 Å². The van der Waals surface area contributed by atoms with Gasteiger partial charge in [-0.1, -0.05) is 115 Å². The smallest absolute Gasteiger partial charge is 0.744 e. The number of aryl methyl sites for hydroxylation is 1. The molecule has 0 aliphatic rings. The van der Waals surface area contributed by atoms with Crippen molar-refractivity contribution in [2.45, 2.75) is 115 Å². The molecule has 3 nitrogen and oxygen atoms in total. The van der Waals surface area contributed by atoms with Crippen LogP contribution in [0.4, 0.5) is 0 Å². The normalized spacial score (nSPS) is 11.4. The van der Waals surface area contributed by atoms with Gasteiger partial charge >= 0.3 is 18.9 Å². The van der Waals surface area contributed by atoms with Crippen molar-refractivity contribution in [2.24, 2.45) is 0 Å². The number of benzene rings is 1. The third-order valence-electron chi connectivity index (χ3n) is 5.29. The van der Waals surface area contributed by atoms with E-state index in [1.165, 1.54) is 89.5 Å². The molecule has 0 fully saturated rings. The van der Waals surface area contributed by atoms with Crippen LogP contribution in [0.25, 0.3) is 0 Å². The molecule has 0 saturated heterocycles. The fourth-order valence-electron chi connectivity index (χ4n) is 3.64. The summed E-state index contributed by atoms with van der Waals surface area (Å²) in [4.78, 5) is -0.0460. The number of hydrogen-bond donors (Lipinski definition) is 0. The van der Waals surface area contributed by atoms with E-state index in [0.717, 1.165) is 12.8 Å². The quantitative estimate of drug-likeness (QED) is 0.225. The first-order valence-corrected chi connectivity index (χ1v) is 12.5. The summed E-state index contributed by atoms with van der Waals surface area (Å²) >= 11 is 0. The van der Waals surface area contributed by atoms with E-state index in [1.807, 2.05) is 0 Å². The van der Waals surface area contributed by atoms with Crippen LogP contribution in [0.3, 0.4) is 0 Å². The molecule has 0 atom stereocenters. The summed E-state index contributed by atoms with van der Waals surface area (Å²) < 4.78 is 33.8. The van der Waals surface area contributed by atoms with Gasteiger partial charge < -0.3 is 4.55 Å². The summed E-state index contributed by atoms with van der Waals surface area (Å²) in [5.41, 5.74) is 0.669. The SMILES string of the molecule is CCCCCCCCCCCCCCCCCc1ccccc1S(=O)(=O)[O-].[Li+]. The molecule has 0 amide bonds. The molecular weight excluding hydrogens is 363 g/mol. The van der Waals surface area contributed by atoms with Crippen LogP contribution in [0.15, 0.2) is 29.2 Å². The zero-order chi connectivity index (χ0) is 19.8. The van der Waals surface area contributed by atoms with Crippen molar-refractivity contribution < 1.29 is 31.8 Å². The largest absolute Gasteiger partial charge is 1.00 e. The Morgan fingerprint density at radius 1 is 0.679 bits per heavy atom. The van der Waals surface area contributed by atoms with E-state index in [-0.39, 0.29) is 23.8 Å². The van der Waals surface area contributed by atoms with Gasteiger partial charge in [-0.05, 0) is 24.5 Å². The van der Waals surface area contributed by atoms with Crippen LogP contribution in [0.5, 0.6) is 0 Å². The van der Waals surface area contributed by atoms with E-state index >= 15 is 0 Å². The van der Waals surface area contributed by atoms with Gasteiger partial charge in [-0.15, -0.1) is 0 Å². The Bertz CT molecular complexity index is 587. The van der Waals surface area contributed by atoms with Gasteiger partial charge in [0.2, 0.25) is 0 Å². The van der Waals surface area contributed by atoms with E-state index in [1.54, 1.807) is 18.2 Å². The van der Waals surface area contributed by atoms with Gasteiger partial charge in [-0.2, -0.15) is 0 Å². The Balaban J connectivity index is 0.00000729. The number of unbranched alkanes of at least 4 members (excludes halogenated alkanes) is 14. The summed E-state index contributed by atoms with van der Waals surface area (Å²) in [5, 5.41) is 0. The molecule has 1 aromatic rings. The maximum atomic E-state index is 11.3. The van der Waals surface area contributed by atoms with Gasteiger partial charge in [0.05, 0.1) is 4.90 Å². The fraction of sp³-hybridized carbons (Fsp3) is 0.739. The molecule has 0 spiro atoms. The monoisotopic (exact) mass is 402 g/mol. The molecule has 156 valence electrons. The van der Waals surface area contributed by atoms with Crippen molar-refractivity contribution in [3.63, 3.8) is 0 Å². The Labute approximate surface area is 186 Å². The molecule has 0 radical (unpaired) electrons. The van der Waals surface area contributed by atoms with Crippen LogP contribution in [-0.2, 0) is 16.5 Å². The van der Waals surface area contributed by atoms with Crippen molar-refractivity contribution in [3.05, 3.63) is 29.8 Å². The molecule has 0 aromatic heterocycles. The minimum Gasteiger partial charge on any atom is -0.744 e. The fourth-order valence-corrected chi connectivity index (χ4v) is 4.38. The van der Waals surface area contributed by atoms with Crippen LogP contribution in [0.1, 0.15) is 109 Å². The van der Waals surface area contributed by atoms with E-state index in [0.29, 0.717) is 12.0 Å². The maximum Gasteiger partial charge on any atom is 1.00 e. The van der Waals surface area contributed by atoms with Crippen molar-refractivity contribution in [3.8, 4) is 0 Å². The average Bonchev–Trinajstić information content (AvgIpc) is 2.64. The molecule has 0 aliphatic carbocycles. The van der Waals surface area contributed by atoms with Crippen molar-refractivity contribution >= 4 is 10.1 Å². The Kier molecular flexibility index (Phi) is 17.4. The second kappa shape index (κ2) is 17.6. The van der Waals surface area contributed by atoms with Gasteiger partial charge in [0.25, 0.3) is 0 Å². The number of hydrogen-bond acceptors (Lipinski definition) is 3. The van der Waals surface area contributed by atoms with Gasteiger partial charge in [0.15, 0.2) is 0 Å². The van der Waals surface area contributed by atoms with Crippen LogP contribution >= 0.6 is 0 Å².